The minimum atomic E-state index is 0.452. The third-order valence-electron chi connectivity index (χ3n) is 2.01. The molecule has 6 heteroatoms. The van der Waals surface area contributed by atoms with Crippen molar-refractivity contribution in [1.29, 1.82) is 0 Å². The van der Waals surface area contributed by atoms with Crippen molar-refractivity contribution in [2.75, 3.05) is 0 Å². The molecule has 0 aromatic carbocycles. The Hall–Kier alpha value is -1.56. The molecule has 0 amide bonds. The molecule has 0 saturated heterocycles. The number of hydrogen-bond acceptors (Lipinski definition) is 4. The number of aromatic nitrogens is 5. The molecule has 0 fully saturated rings. The zero-order valence-corrected chi connectivity index (χ0v) is 8.45. The summed E-state index contributed by atoms with van der Waals surface area (Å²) >= 11 is 4.97. The molecule has 2 aromatic rings. The maximum Gasteiger partial charge on any atom is 0.238 e. The van der Waals surface area contributed by atoms with Gasteiger partial charge in [-0.1, -0.05) is 10.3 Å². The van der Waals surface area contributed by atoms with E-state index in [-0.39, 0.29) is 0 Å². The second-order valence-corrected chi connectivity index (χ2v) is 3.34. The van der Waals surface area contributed by atoms with Crippen LogP contribution in [0, 0.1) is 11.7 Å². The van der Waals surface area contributed by atoms with Gasteiger partial charge in [-0.3, -0.25) is 4.98 Å². The molecular formula is C8H9N5S. The average Bonchev–Trinajstić information content (AvgIpc) is 2.56. The summed E-state index contributed by atoms with van der Waals surface area (Å²) in [5.74, 6) is 0. The fraction of sp³-hybridized carbons (Fsp3) is 0.250. The third-order valence-corrected chi connectivity index (χ3v) is 2.31. The van der Waals surface area contributed by atoms with Crippen LogP contribution in [0.3, 0.4) is 0 Å². The Balaban J connectivity index is 2.32. The number of pyridine rings is 1. The lowest BCUT2D eigenvalue weighted by Crippen LogP contribution is -2.04. The molecule has 0 atom stereocenters. The molecule has 0 aliphatic rings. The van der Waals surface area contributed by atoms with Crippen LogP contribution in [0.5, 0.6) is 0 Å². The van der Waals surface area contributed by atoms with Gasteiger partial charge in [-0.15, -0.1) is 0 Å². The van der Waals surface area contributed by atoms with Gasteiger partial charge in [-0.2, -0.15) is 5.21 Å². The molecule has 72 valence electrons. The van der Waals surface area contributed by atoms with Crippen LogP contribution in [-0.2, 0) is 6.54 Å². The Morgan fingerprint density at radius 3 is 3.07 bits per heavy atom. The highest BCUT2D eigenvalue weighted by atomic mass is 32.1. The number of H-pyrrole nitrogens is 1. The minimum Gasteiger partial charge on any atom is -0.264 e. The predicted molar refractivity (Wildman–Crippen MR) is 53.3 cm³/mol. The standard InChI is InChI=1S/C8H9N5S/c1-6-2-3-9-4-7(6)5-13-8(14)10-11-12-13/h2-4H,5H2,1H3,(H,10,12,14). The molecule has 0 aliphatic heterocycles. The quantitative estimate of drug-likeness (QED) is 0.749. The topological polar surface area (TPSA) is 59.4 Å². The Bertz CT molecular complexity index is 486. The number of rotatable bonds is 2. The average molecular weight is 207 g/mol. The molecule has 14 heavy (non-hydrogen) atoms. The molecule has 0 unspecified atom stereocenters. The van der Waals surface area contributed by atoms with Crippen molar-refractivity contribution in [3.63, 3.8) is 0 Å². The van der Waals surface area contributed by atoms with E-state index in [4.69, 9.17) is 12.2 Å². The van der Waals surface area contributed by atoms with Gasteiger partial charge in [0.15, 0.2) is 0 Å². The SMILES string of the molecule is Cc1ccncc1Cn1[nH]nnc1=S. The third kappa shape index (κ3) is 1.69. The van der Waals surface area contributed by atoms with E-state index in [0.29, 0.717) is 11.3 Å². The number of aryl methyl sites for hydroxylation is 1. The van der Waals surface area contributed by atoms with Gasteiger partial charge >= 0.3 is 0 Å². The second-order valence-electron chi connectivity index (χ2n) is 2.97. The highest BCUT2D eigenvalue weighted by Crippen LogP contribution is 2.06. The largest absolute Gasteiger partial charge is 0.264 e. The molecule has 0 spiro atoms. The monoisotopic (exact) mass is 207 g/mol. The van der Waals surface area contributed by atoms with Crippen molar-refractivity contribution < 1.29 is 0 Å². The normalized spacial score (nSPS) is 10.4. The van der Waals surface area contributed by atoms with Gasteiger partial charge in [-0.05, 0) is 36.3 Å². The number of aromatic amines is 1. The van der Waals surface area contributed by atoms with E-state index in [1.165, 1.54) is 5.56 Å². The molecule has 0 bridgehead atoms. The van der Waals surface area contributed by atoms with Crippen LogP contribution in [-0.4, -0.2) is 25.2 Å². The molecule has 2 rings (SSSR count). The molecule has 0 radical (unpaired) electrons. The summed E-state index contributed by atoms with van der Waals surface area (Å²) in [5.41, 5.74) is 2.28. The smallest absolute Gasteiger partial charge is 0.238 e. The number of hydrogen-bond donors (Lipinski definition) is 1. The molecule has 1 N–H and O–H groups in total. The Morgan fingerprint density at radius 1 is 1.57 bits per heavy atom. The van der Waals surface area contributed by atoms with E-state index in [2.05, 4.69) is 20.5 Å². The van der Waals surface area contributed by atoms with Gasteiger partial charge in [0, 0.05) is 12.4 Å². The van der Waals surface area contributed by atoms with E-state index in [0.717, 1.165) is 5.56 Å². The van der Waals surface area contributed by atoms with E-state index in [1.54, 1.807) is 10.9 Å². The number of tetrazole rings is 1. The van der Waals surface area contributed by atoms with Crippen LogP contribution in [0.4, 0.5) is 0 Å². The lowest BCUT2D eigenvalue weighted by molar-refractivity contribution is 0.638. The summed E-state index contributed by atoms with van der Waals surface area (Å²) in [4.78, 5) is 4.05. The lowest BCUT2D eigenvalue weighted by atomic mass is 10.2. The first kappa shape index (κ1) is 9.01. The van der Waals surface area contributed by atoms with Gasteiger partial charge in [0.1, 0.15) is 0 Å². The van der Waals surface area contributed by atoms with Crippen molar-refractivity contribution in [3.05, 3.63) is 34.4 Å². The lowest BCUT2D eigenvalue weighted by Gasteiger charge is -2.03. The summed E-state index contributed by atoms with van der Waals surface area (Å²) < 4.78 is 2.15. The van der Waals surface area contributed by atoms with Crippen LogP contribution in [0.15, 0.2) is 18.5 Å². The first-order chi connectivity index (χ1) is 6.77. The van der Waals surface area contributed by atoms with E-state index in [1.807, 2.05) is 19.2 Å². The minimum absolute atomic E-state index is 0.452. The van der Waals surface area contributed by atoms with Gasteiger partial charge < -0.3 is 0 Å². The van der Waals surface area contributed by atoms with Crippen LogP contribution in [0.25, 0.3) is 0 Å². The van der Waals surface area contributed by atoms with Crippen molar-refractivity contribution in [1.82, 2.24) is 25.2 Å². The fourth-order valence-electron chi connectivity index (χ4n) is 1.15. The van der Waals surface area contributed by atoms with Gasteiger partial charge in [-0.25, -0.2) is 4.68 Å². The molecule has 2 aromatic heterocycles. The second kappa shape index (κ2) is 3.67. The van der Waals surface area contributed by atoms with Gasteiger partial charge in [0.05, 0.1) is 6.54 Å². The highest BCUT2D eigenvalue weighted by molar-refractivity contribution is 7.71. The van der Waals surface area contributed by atoms with Gasteiger partial charge in [0.2, 0.25) is 4.77 Å². The summed E-state index contributed by atoms with van der Waals surface area (Å²) in [6.07, 6.45) is 3.58. The first-order valence-corrected chi connectivity index (χ1v) is 4.55. The molecule has 5 nitrogen and oxygen atoms in total. The predicted octanol–water partition coefficient (Wildman–Crippen LogP) is 1.09. The highest BCUT2D eigenvalue weighted by Gasteiger charge is 2.00. The van der Waals surface area contributed by atoms with Crippen LogP contribution in [0.2, 0.25) is 0 Å². The van der Waals surface area contributed by atoms with E-state index < -0.39 is 0 Å². The maximum atomic E-state index is 4.97. The molecule has 2 heterocycles. The zero-order valence-electron chi connectivity index (χ0n) is 7.64. The van der Waals surface area contributed by atoms with Crippen LogP contribution < -0.4 is 0 Å². The van der Waals surface area contributed by atoms with E-state index >= 15 is 0 Å². The molecule has 0 aliphatic carbocycles. The Morgan fingerprint density at radius 2 is 2.43 bits per heavy atom. The van der Waals surface area contributed by atoms with E-state index in [9.17, 15) is 0 Å². The molecule has 0 saturated carbocycles. The number of nitrogens with zero attached hydrogens (tertiary/aromatic N) is 4. The Kier molecular flexibility index (Phi) is 2.36. The zero-order chi connectivity index (χ0) is 9.97. The van der Waals surface area contributed by atoms with Crippen molar-refractivity contribution in [2.45, 2.75) is 13.5 Å². The summed E-state index contributed by atoms with van der Waals surface area (Å²) in [6.45, 7) is 2.66. The van der Waals surface area contributed by atoms with Crippen molar-refractivity contribution >= 4 is 12.2 Å². The van der Waals surface area contributed by atoms with Crippen LogP contribution >= 0.6 is 12.2 Å². The summed E-state index contributed by atoms with van der Waals surface area (Å²) in [7, 11) is 0. The summed E-state index contributed by atoms with van der Waals surface area (Å²) in [6, 6.07) is 1.96. The van der Waals surface area contributed by atoms with Crippen LogP contribution in [0.1, 0.15) is 11.1 Å². The van der Waals surface area contributed by atoms with Crippen molar-refractivity contribution in [3.8, 4) is 0 Å². The number of nitrogens with one attached hydrogen (secondary N) is 1. The Labute approximate surface area is 85.8 Å². The maximum absolute atomic E-state index is 4.97. The fourth-order valence-corrected chi connectivity index (χ4v) is 1.30. The molecular weight excluding hydrogens is 198 g/mol. The summed E-state index contributed by atoms with van der Waals surface area (Å²) in [5, 5.41) is 10.0. The first-order valence-electron chi connectivity index (χ1n) is 4.15. The van der Waals surface area contributed by atoms with Crippen molar-refractivity contribution in [2.24, 2.45) is 0 Å². The van der Waals surface area contributed by atoms with Gasteiger partial charge in [0.25, 0.3) is 0 Å².